The quantitative estimate of drug-likeness (QED) is 0.895. The summed E-state index contributed by atoms with van der Waals surface area (Å²) in [6.07, 6.45) is -0.00215. The first-order valence-electron chi connectivity index (χ1n) is 5.24. The molecule has 19 heavy (non-hydrogen) atoms. The molecule has 0 saturated carbocycles. The van der Waals surface area contributed by atoms with Crippen molar-refractivity contribution in [2.75, 3.05) is 5.32 Å². The summed E-state index contributed by atoms with van der Waals surface area (Å²) in [4.78, 5) is 26.7. The number of amidine groups is 1. The molecule has 2 rings (SSSR count). The van der Waals surface area contributed by atoms with Gasteiger partial charge in [-0.2, -0.15) is 4.99 Å². The Hall–Kier alpha value is -1.24. The number of nitrogens with one attached hydrogen (secondary N) is 1. The zero-order valence-corrected chi connectivity index (χ0v) is 11.9. The van der Waals surface area contributed by atoms with Crippen LogP contribution in [0.4, 0.5) is 5.69 Å². The van der Waals surface area contributed by atoms with Crippen molar-refractivity contribution in [1.29, 1.82) is 0 Å². The van der Waals surface area contributed by atoms with Gasteiger partial charge in [-0.1, -0.05) is 35.0 Å². The van der Waals surface area contributed by atoms with Gasteiger partial charge in [-0.15, -0.1) is 0 Å². The van der Waals surface area contributed by atoms with Gasteiger partial charge >= 0.3 is 0 Å². The first-order valence-corrected chi connectivity index (χ1v) is 6.88. The average Bonchev–Trinajstić information content (AvgIpc) is 2.55. The van der Waals surface area contributed by atoms with E-state index in [9.17, 15) is 9.59 Å². The number of benzene rings is 1. The molecule has 0 saturated heterocycles. The van der Waals surface area contributed by atoms with E-state index in [1.165, 1.54) is 0 Å². The van der Waals surface area contributed by atoms with Crippen molar-refractivity contribution in [1.82, 2.24) is 0 Å². The van der Waals surface area contributed by atoms with Crippen LogP contribution in [-0.2, 0) is 9.59 Å². The van der Waals surface area contributed by atoms with Crippen LogP contribution in [-0.4, -0.2) is 22.2 Å². The third kappa shape index (κ3) is 3.86. The first kappa shape index (κ1) is 14.2. The molecule has 1 aromatic carbocycles. The molecule has 3 N–H and O–H groups in total. The van der Waals surface area contributed by atoms with Crippen LogP contribution in [0.3, 0.4) is 0 Å². The van der Waals surface area contributed by atoms with Gasteiger partial charge in [0.25, 0.3) is 5.91 Å². The fourth-order valence-corrected chi connectivity index (χ4v) is 2.89. The molecule has 0 unspecified atom stereocenters. The zero-order valence-electron chi connectivity index (χ0n) is 9.52. The molecule has 1 atom stereocenters. The number of carbonyl (C=O) groups is 2. The number of carbonyl (C=O) groups excluding carboxylic acids is 2. The summed E-state index contributed by atoms with van der Waals surface area (Å²) < 4.78 is 0. The predicted molar refractivity (Wildman–Crippen MR) is 77.7 cm³/mol. The van der Waals surface area contributed by atoms with Crippen LogP contribution in [0.1, 0.15) is 6.42 Å². The maximum absolute atomic E-state index is 11.8. The number of aliphatic imine (C=N–C) groups is 1. The molecule has 1 heterocycles. The third-order valence-corrected chi connectivity index (χ3v) is 3.70. The number of thioether (sulfide) groups is 1. The number of hydrogen-bond acceptors (Lipinski definition) is 4. The highest BCUT2D eigenvalue weighted by atomic mass is 35.5. The Morgan fingerprint density at radius 2 is 2.00 bits per heavy atom. The van der Waals surface area contributed by atoms with Gasteiger partial charge in [-0.3, -0.25) is 9.59 Å². The van der Waals surface area contributed by atoms with E-state index in [-0.39, 0.29) is 23.4 Å². The monoisotopic (exact) mass is 317 g/mol. The summed E-state index contributed by atoms with van der Waals surface area (Å²) in [7, 11) is 0. The fourth-order valence-electron chi connectivity index (χ4n) is 1.54. The van der Waals surface area contributed by atoms with Gasteiger partial charge in [0.2, 0.25) is 5.91 Å². The molecule has 5 nitrogen and oxygen atoms in total. The molecule has 0 radical (unpaired) electrons. The molecular formula is C11H9Cl2N3O2S. The first-order chi connectivity index (χ1) is 8.94. The van der Waals surface area contributed by atoms with Crippen molar-refractivity contribution in [2.24, 2.45) is 10.7 Å². The molecule has 0 aromatic heterocycles. The van der Waals surface area contributed by atoms with Crippen LogP contribution in [0, 0.1) is 0 Å². The van der Waals surface area contributed by atoms with Gasteiger partial charge in [0, 0.05) is 22.2 Å². The van der Waals surface area contributed by atoms with Crippen molar-refractivity contribution < 1.29 is 9.59 Å². The number of nitrogens with two attached hydrogens (primary N) is 1. The molecular weight excluding hydrogens is 309 g/mol. The number of amides is 2. The smallest absolute Gasteiger partial charge is 0.262 e. The van der Waals surface area contributed by atoms with Crippen molar-refractivity contribution in [2.45, 2.75) is 11.7 Å². The summed E-state index contributed by atoms with van der Waals surface area (Å²) in [6, 6.07) is 4.70. The minimum Gasteiger partial charge on any atom is -0.378 e. The van der Waals surface area contributed by atoms with E-state index in [4.69, 9.17) is 28.9 Å². The van der Waals surface area contributed by atoms with Crippen molar-refractivity contribution in [3.63, 3.8) is 0 Å². The highest BCUT2D eigenvalue weighted by Crippen LogP contribution is 2.25. The van der Waals surface area contributed by atoms with E-state index in [0.29, 0.717) is 15.7 Å². The summed E-state index contributed by atoms with van der Waals surface area (Å²) >= 11 is 12.7. The standard InChI is InChI=1S/C11H9Cl2N3O2S/c12-5-1-6(13)3-7(2-5)15-9(17)4-8-10(18)16-11(14)19-8/h1-3,8H,4H2,(H,15,17)(H2,14,16,18)/t8-/m0/s1. The highest BCUT2D eigenvalue weighted by molar-refractivity contribution is 8.15. The minimum atomic E-state index is -0.561. The number of nitrogens with zero attached hydrogens (tertiary/aromatic N) is 1. The SMILES string of the molecule is NC1=NC(=O)[C@H](CC(=O)Nc2cc(Cl)cc(Cl)c2)S1. The van der Waals surface area contributed by atoms with Gasteiger partial charge in [0.1, 0.15) is 5.25 Å². The Morgan fingerprint density at radius 1 is 1.37 bits per heavy atom. The van der Waals surface area contributed by atoms with Crippen molar-refractivity contribution in [3.05, 3.63) is 28.2 Å². The zero-order chi connectivity index (χ0) is 14.0. The van der Waals surface area contributed by atoms with Crippen LogP contribution >= 0.6 is 35.0 Å². The Balaban J connectivity index is 1.96. The van der Waals surface area contributed by atoms with Crippen LogP contribution in [0.25, 0.3) is 0 Å². The topological polar surface area (TPSA) is 84.5 Å². The van der Waals surface area contributed by atoms with E-state index >= 15 is 0 Å². The lowest BCUT2D eigenvalue weighted by atomic mass is 10.2. The van der Waals surface area contributed by atoms with Crippen LogP contribution in [0.5, 0.6) is 0 Å². The van der Waals surface area contributed by atoms with Crippen molar-refractivity contribution in [3.8, 4) is 0 Å². The van der Waals surface area contributed by atoms with Crippen LogP contribution in [0.2, 0.25) is 10.0 Å². The third-order valence-electron chi connectivity index (χ3n) is 2.28. The lowest BCUT2D eigenvalue weighted by molar-refractivity contribution is -0.121. The summed E-state index contributed by atoms with van der Waals surface area (Å²) in [5.74, 6) is -0.712. The normalized spacial score (nSPS) is 18.3. The maximum Gasteiger partial charge on any atom is 0.262 e. The molecule has 0 aliphatic carbocycles. The molecule has 2 amide bonds. The molecule has 0 fully saturated rings. The Morgan fingerprint density at radius 3 is 2.53 bits per heavy atom. The van der Waals surface area contributed by atoms with E-state index < -0.39 is 5.25 Å². The second-order valence-electron chi connectivity index (χ2n) is 3.81. The number of rotatable bonds is 3. The van der Waals surface area contributed by atoms with E-state index in [2.05, 4.69) is 10.3 Å². The van der Waals surface area contributed by atoms with E-state index in [0.717, 1.165) is 11.8 Å². The number of anilines is 1. The molecule has 1 aliphatic heterocycles. The number of halogens is 2. The second kappa shape index (κ2) is 5.81. The predicted octanol–water partition coefficient (Wildman–Crippen LogP) is 2.28. The Labute approximate surface area is 123 Å². The van der Waals surface area contributed by atoms with Crippen molar-refractivity contribution >= 4 is 57.6 Å². The molecule has 1 aliphatic rings. The van der Waals surface area contributed by atoms with E-state index in [1.807, 2.05) is 0 Å². The lowest BCUT2D eigenvalue weighted by Crippen LogP contribution is -2.21. The molecule has 1 aromatic rings. The summed E-state index contributed by atoms with van der Waals surface area (Å²) in [5, 5.41) is 3.09. The Kier molecular flexibility index (Phi) is 4.34. The fraction of sp³-hybridized carbons (Fsp3) is 0.182. The summed E-state index contributed by atoms with van der Waals surface area (Å²) in [5.41, 5.74) is 5.89. The van der Waals surface area contributed by atoms with Gasteiger partial charge < -0.3 is 11.1 Å². The molecule has 0 bridgehead atoms. The molecule has 8 heteroatoms. The maximum atomic E-state index is 11.8. The average molecular weight is 318 g/mol. The highest BCUT2D eigenvalue weighted by Gasteiger charge is 2.29. The van der Waals surface area contributed by atoms with Gasteiger partial charge in [0.05, 0.1) is 0 Å². The molecule has 0 spiro atoms. The van der Waals surface area contributed by atoms with Gasteiger partial charge in [-0.05, 0) is 18.2 Å². The minimum absolute atomic E-state index is 0.00215. The molecule has 100 valence electrons. The van der Waals surface area contributed by atoms with Crippen LogP contribution in [0.15, 0.2) is 23.2 Å². The second-order valence-corrected chi connectivity index (χ2v) is 5.90. The largest absolute Gasteiger partial charge is 0.378 e. The van der Waals surface area contributed by atoms with Gasteiger partial charge in [-0.25, -0.2) is 0 Å². The van der Waals surface area contributed by atoms with Gasteiger partial charge in [0.15, 0.2) is 5.17 Å². The van der Waals surface area contributed by atoms with E-state index in [1.54, 1.807) is 18.2 Å². The number of hydrogen-bond donors (Lipinski definition) is 2. The lowest BCUT2D eigenvalue weighted by Gasteiger charge is -2.08. The summed E-state index contributed by atoms with van der Waals surface area (Å²) in [6.45, 7) is 0. The van der Waals surface area contributed by atoms with Crippen LogP contribution < -0.4 is 11.1 Å². The Bertz CT molecular complexity index is 557.